The van der Waals surface area contributed by atoms with Crippen LogP contribution in [0.3, 0.4) is 0 Å². The molecule has 0 bridgehead atoms. The van der Waals surface area contributed by atoms with E-state index in [4.69, 9.17) is 19.9 Å². The molecule has 2 rings (SSSR count). The zero-order valence-electron chi connectivity index (χ0n) is 15.0. The first-order valence-electron chi connectivity index (χ1n) is 8.38. The van der Waals surface area contributed by atoms with Crippen molar-refractivity contribution < 1.29 is 19.0 Å². The third-order valence-corrected chi connectivity index (χ3v) is 3.40. The van der Waals surface area contributed by atoms with Crippen LogP contribution in [0.25, 0.3) is 0 Å². The molecule has 25 heavy (non-hydrogen) atoms. The maximum Gasteiger partial charge on any atom is 0.338 e. The SMILES string of the molecule is Cc1cccc(OCCCOc2cc(C(=O)OC(C)C)ccc2N)c1. The van der Waals surface area contributed by atoms with Gasteiger partial charge >= 0.3 is 5.97 Å². The van der Waals surface area contributed by atoms with E-state index in [1.54, 1.807) is 32.0 Å². The Kier molecular flexibility index (Phi) is 6.69. The van der Waals surface area contributed by atoms with E-state index in [-0.39, 0.29) is 12.1 Å². The Morgan fingerprint density at radius 2 is 1.84 bits per heavy atom. The molecule has 2 N–H and O–H groups in total. The summed E-state index contributed by atoms with van der Waals surface area (Å²) >= 11 is 0. The van der Waals surface area contributed by atoms with Gasteiger partial charge in [-0.1, -0.05) is 12.1 Å². The van der Waals surface area contributed by atoms with E-state index < -0.39 is 0 Å². The van der Waals surface area contributed by atoms with Crippen molar-refractivity contribution in [3.63, 3.8) is 0 Å². The zero-order chi connectivity index (χ0) is 18.2. The van der Waals surface area contributed by atoms with E-state index in [0.717, 1.165) is 11.3 Å². The highest BCUT2D eigenvalue weighted by atomic mass is 16.5. The van der Waals surface area contributed by atoms with Gasteiger partial charge in [-0.05, 0) is 56.7 Å². The Hall–Kier alpha value is -2.69. The molecule has 134 valence electrons. The molecule has 0 aromatic heterocycles. The molecule has 0 heterocycles. The van der Waals surface area contributed by atoms with E-state index in [0.29, 0.717) is 36.6 Å². The van der Waals surface area contributed by atoms with Crippen LogP contribution in [-0.2, 0) is 4.74 Å². The van der Waals surface area contributed by atoms with Gasteiger partial charge in [0, 0.05) is 6.42 Å². The normalized spacial score (nSPS) is 10.6. The van der Waals surface area contributed by atoms with E-state index in [1.165, 1.54) is 0 Å². The number of carbonyl (C=O) groups is 1. The highest BCUT2D eigenvalue weighted by Gasteiger charge is 2.12. The van der Waals surface area contributed by atoms with Crippen molar-refractivity contribution in [2.24, 2.45) is 0 Å². The van der Waals surface area contributed by atoms with Gasteiger partial charge in [-0.3, -0.25) is 0 Å². The van der Waals surface area contributed by atoms with Gasteiger partial charge in [0.2, 0.25) is 0 Å². The molecule has 2 aromatic carbocycles. The van der Waals surface area contributed by atoms with Gasteiger partial charge in [0.15, 0.2) is 0 Å². The number of benzene rings is 2. The summed E-state index contributed by atoms with van der Waals surface area (Å²) in [6.07, 6.45) is 0.529. The van der Waals surface area contributed by atoms with Crippen LogP contribution in [-0.4, -0.2) is 25.3 Å². The lowest BCUT2D eigenvalue weighted by molar-refractivity contribution is 0.0377. The molecule has 0 atom stereocenters. The van der Waals surface area contributed by atoms with Crippen LogP contribution in [0.4, 0.5) is 5.69 Å². The van der Waals surface area contributed by atoms with Gasteiger partial charge in [-0.25, -0.2) is 4.79 Å². The highest BCUT2D eigenvalue weighted by molar-refractivity contribution is 5.90. The van der Waals surface area contributed by atoms with E-state index >= 15 is 0 Å². The van der Waals surface area contributed by atoms with Crippen LogP contribution in [0.15, 0.2) is 42.5 Å². The number of nitrogens with two attached hydrogens (primary N) is 1. The molecular formula is C20H25NO4. The third kappa shape index (κ3) is 6.03. The molecule has 5 nitrogen and oxygen atoms in total. The summed E-state index contributed by atoms with van der Waals surface area (Å²) in [5.74, 6) is 0.939. The maximum absolute atomic E-state index is 11.9. The van der Waals surface area contributed by atoms with Crippen LogP contribution in [0.1, 0.15) is 36.2 Å². The van der Waals surface area contributed by atoms with E-state index in [1.807, 2.05) is 31.2 Å². The average molecular weight is 343 g/mol. The van der Waals surface area contributed by atoms with Gasteiger partial charge in [-0.15, -0.1) is 0 Å². The minimum Gasteiger partial charge on any atom is -0.493 e. The highest BCUT2D eigenvalue weighted by Crippen LogP contribution is 2.23. The molecule has 0 aliphatic rings. The molecule has 0 aliphatic heterocycles. The second kappa shape index (κ2) is 8.97. The smallest absolute Gasteiger partial charge is 0.338 e. The van der Waals surface area contributed by atoms with Crippen molar-refractivity contribution in [2.45, 2.75) is 33.3 Å². The lowest BCUT2D eigenvalue weighted by Crippen LogP contribution is -2.12. The molecule has 5 heteroatoms. The summed E-state index contributed by atoms with van der Waals surface area (Å²) in [6, 6.07) is 12.8. The van der Waals surface area contributed by atoms with Crippen LogP contribution in [0.2, 0.25) is 0 Å². The number of carbonyl (C=O) groups excluding carboxylic acids is 1. The minimum absolute atomic E-state index is 0.173. The summed E-state index contributed by atoms with van der Waals surface area (Å²) in [5, 5.41) is 0. The average Bonchev–Trinajstić information content (AvgIpc) is 2.55. The Balaban J connectivity index is 1.82. The fourth-order valence-electron chi connectivity index (χ4n) is 2.20. The zero-order valence-corrected chi connectivity index (χ0v) is 15.0. The summed E-state index contributed by atoms with van der Waals surface area (Å²) in [5.41, 5.74) is 7.98. The number of anilines is 1. The maximum atomic E-state index is 11.9. The van der Waals surface area contributed by atoms with Crippen molar-refractivity contribution in [3.8, 4) is 11.5 Å². The molecule has 0 spiro atoms. The minimum atomic E-state index is -0.386. The van der Waals surface area contributed by atoms with Crippen molar-refractivity contribution in [1.82, 2.24) is 0 Å². The Morgan fingerprint density at radius 1 is 1.08 bits per heavy atom. The monoisotopic (exact) mass is 343 g/mol. The largest absolute Gasteiger partial charge is 0.493 e. The quantitative estimate of drug-likeness (QED) is 0.446. The first-order chi connectivity index (χ1) is 12.0. The predicted molar refractivity (Wildman–Crippen MR) is 98.2 cm³/mol. The number of nitrogen functional groups attached to an aromatic ring is 1. The van der Waals surface area contributed by atoms with E-state index in [9.17, 15) is 4.79 Å². The fraction of sp³-hybridized carbons (Fsp3) is 0.350. The Morgan fingerprint density at radius 3 is 2.56 bits per heavy atom. The lowest BCUT2D eigenvalue weighted by atomic mass is 10.2. The van der Waals surface area contributed by atoms with Gasteiger partial charge < -0.3 is 19.9 Å². The van der Waals surface area contributed by atoms with Crippen LogP contribution < -0.4 is 15.2 Å². The summed E-state index contributed by atoms with van der Waals surface area (Å²) < 4.78 is 16.5. The van der Waals surface area contributed by atoms with Crippen LogP contribution >= 0.6 is 0 Å². The number of rotatable bonds is 8. The fourth-order valence-corrected chi connectivity index (χ4v) is 2.20. The Bertz CT molecular complexity index is 713. The molecule has 0 aliphatic carbocycles. The molecule has 0 fully saturated rings. The van der Waals surface area contributed by atoms with Gasteiger partial charge in [0.1, 0.15) is 11.5 Å². The molecule has 0 unspecified atom stereocenters. The third-order valence-electron chi connectivity index (χ3n) is 3.40. The van der Waals surface area contributed by atoms with Gasteiger partial charge in [0.25, 0.3) is 0 Å². The van der Waals surface area contributed by atoms with E-state index in [2.05, 4.69) is 0 Å². The second-order valence-corrected chi connectivity index (χ2v) is 6.07. The van der Waals surface area contributed by atoms with Crippen LogP contribution in [0, 0.1) is 6.92 Å². The van der Waals surface area contributed by atoms with Crippen molar-refractivity contribution in [1.29, 1.82) is 0 Å². The number of ether oxygens (including phenoxy) is 3. The number of hydrogen-bond donors (Lipinski definition) is 1. The Labute approximate surface area is 148 Å². The first-order valence-corrected chi connectivity index (χ1v) is 8.38. The molecule has 0 amide bonds. The number of esters is 1. The molecular weight excluding hydrogens is 318 g/mol. The topological polar surface area (TPSA) is 70.8 Å². The van der Waals surface area contributed by atoms with Crippen molar-refractivity contribution in [3.05, 3.63) is 53.6 Å². The lowest BCUT2D eigenvalue weighted by Gasteiger charge is -2.12. The summed E-state index contributed by atoms with van der Waals surface area (Å²) in [4.78, 5) is 11.9. The molecule has 0 saturated carbocycles. The van der Waals surface area contributed by atoms with Crippen molar-refractivity contribution >= 4 is 11.7 Å². The summed E-state index contributed by atoms with van der Waals surface area (Å²) in [6.45, 7) is 6.62. The van der Waals surface area contributed by atoms with Crippen molar-refractivity contribution in [2.75, 3.05) is 18.9 Å². The number of aryl methyl sites for hydroxylation is 1. The van der Waals surface area contributed by atoms with Gasteiger partial charge in [-0.2, -0.15) is 0 Å². The van der Waals surface area contributed by atoms with Crippen LogP contribution in [0.5, 0.6) is 11.5 Å². The predicted octanol–water partition coefficient (Wildman–Crippen LogP) is 3.99. The van der Waals surface area contributed by atoms with Gasteiger partial charge in [0.05, 0.1) is 30.6 Å². The number of hydrogen-bond acceptors (Lipinski definition) is 5. The molecule has 2 aromatic rings. The second-order valence-electron chi connectivity index (χ2n) is 6.07. The summed E-state index contributed by atoms with van der Waals surface area (Å²) in [7, 11) is 0. The standard InChI is InChI=1S/C20H25NO4/c1-14(2)25-20(22)16-8-9-18(21)19(13-16)24-11-5-10-23-17-7-4-6-15(3)12-17/h4,6-9,12-14H,5,10-11,21H2,1-3H3. The molecule has 0 radical (unpaired) electrons. The molecule has 0 saturated heterocycles. The first kappa shape index (κ1) is 18.6.